The summed E-state index contributed by atoms with van der Waals surface area (Å²) in [5.41, 5.74) is 7.15. The fourth-order valence-corrected chi connectivity index (χ4v) is 4.55. The average Bonchev–Trinajstić information content (AvgIpc) is 3.24. The van der Waals surface area contributed by atoms with Gasteiger partial charge in [-0.3, -0.25) is 4.90 Å². The second-order valence-corrected chi connectivity index (χ2v) is 7.38. The third-order valence-electron chi connectivity index (χ3n) is 6.33. The fourth-order valence-electron chi connectivity index (χ4n) is 4.55. The SMILES string of the molecule is CC(CN)(C1CC1)N1CCC2(CCCCC2)CC1. The summed E-state index contributed by atoms with van der Waals surface area (Å²) in [5.74, 6) is 0.892. The Morgan fingerprint density at radius 2 is 1.67 bits per heavy atom. The molecule has 1 spiro atoms. The van der Waals surface area contributed by atoms with Crippen molar-refractivity contribution in [2.75, 3.05) is 19.6 Å². The molecule has 0 bridgehead atoms. The molecule has 3 fully saturated rings. The molecular weight excluding hydrogens is 220 g/mol. The van der Waals surface area contributed by atoms with E-state index in [1.165, 1.54) is 70.9 Å². The van der Waals surface area contributed by atoms with Gasteiger partial charge in [-0.25, -0.2) is 0 Å². The lowest BCUT2D eigenvalue weighted by Gasteiger charge is -2.50. The molecule has 18 heavy (non-hydrogen) atoms. The Labute approximate surface area is 112 Å². The normalized spacial score (nSPS) is 32.3. The van der Waals surface area contributed by atoms with Gasteiger partial charge in [0.25, 0.3) is 0 Å². The Hall–Kier alpha value is -0.0800. The summed E-state index contributed by atoms with van der Waals surface area (Å²) in [4.78, 5) is 2.74. The summed E-state index contributed by atoms with van der Waals surface area (Å²) in [6.07, 6.45) is 13.2. The lowest BCUT2D eigenvalue weighted by molar-refractivity contribution is 0.00179. The van der Waals surface area contributed by atoms with Crippen molar-refractivity contribution in [3.8, 4) is 0 Å². The van der Waals surface area contributed by atoms with Gasteiger partial charge >= 0.3 is 0 Å². The lowest BCUT2D eigenvalue weighted by atomic mass is 9.67. The Morgan fingerprint density at radius 3 is 2.17 bits per heavy atom. The lowest BCUT2D eigenvalue weighted by Crippen LogP contribution is -2.57. The molecule has 3 aliphatic rings. The first kappa shape index (κ1) is 12.9. The molecule has 3 rings (SSSR count). The van der Waals surface area contributed by atoms with Crippen molar-refractivity contribution >= 4 is 0 Å². The average molecular weight is 250 g/mol. The molecule has 0 radical (unpaired) electrons. The van der Waals surface area contributed by atoms with E-state index in [0.29, 0.717) is 5.54 Å². The molecule has 0 amide bonds. The van der Waals surface area contributed by atoms with E-state index in [1.54, 1.807) is 0 Å². The van der Waals surface area contributed by atoms with Crippen LogP contribution in [-0.4, -0.2) is 30.1 Å². The molecule has 2 aliphatic carbocycles. The quantitative estimate of drug-likeness (QED) is 0.833. The van der Waals surface area contributed by atoms with Gasteiger partial charge in [-0.05, 0) is 69.9 Å². The van der Waals surface area contributed by atoms with E-state index in [1.807, 2.05) is 0 Å². The number of nitrogens with zero attached hydrogens (tertiary/aromatic N) is 1. The van der Waals surface area contributed by atoms with E-state index < -0.39 is 0 Å². The van der Waals surface area contributed by atoms with Gasteiger partial charge in [0.1, 0.15) is 0 Å². The van der Waals surface area contributed by atoms with Gasteiger partial charge in [-0.1, -0.05) is 19.3 Å². The number of likely N-dealkylation sites (tertiary alicyclic amines) is 1. The standard InChI is InChI=1S/C16H30N2/c1-15(13-17,14-5-6-14)18-11-9-16(10-12-18)7-3-2-4-8-16/h14H,2-13,17H2,1H3. The van der Waals surface area contributed by atoms with Gasteiger partial charge in [0, 0.05) is 12.1 Å². The maximum atomic E-state index is 6.11. The number of hydrogen-bond donors (Lipinski definition) is 1. The highest BCUT2D eigenvalue weighted by molar-refractivity contribution is 5.02. The van der Waals surface area contributed by atoms with E-state index in [4.69, 9.17) is 5.73 Å². The first-order valence-corrected chi connectivity index (χ1v) is 8.14. The summed E-state index contributed by atoms with van der Waals surface area (Å²) in [6.45, 7) is 5.89. The van der Waals surface area contributed by atoms with Crippen LogP contribution in [0.2, 0.25) is 0 Å². The van der Waals surface area contributed by atoms with Gasteiger partial charge in [-0.15, -0.1) is 0 Å². The highest BCUT2D eigenvalue weighted by Gasteiger charge is 2.47. The van der Waals surface area contributed by atoms with Gasteiger partial charge in [0.2, 0.25) is 0 Å². The van der Waals surface area contributed by atoms with Crippen molar-refractivity contribution in [3.63, 3.8) is 0 Å². The van der Waals surface area contributed by atoms with Crippen LogP contribution in [0.1, 0.15) is 64.7 Å². The molecular formula is C16H30N2. The van der Waals surface area contributed by atoms with Crippen molar-refractivity contribution < 1.29 is 0 Å². The third kappa shape index (κ3) is 2.22. The Morgan fingerprint density at radius 1 is 1.06 bits per heavy atom. The highest BCUT2D eigenvalue weighted by atomic mass is 15.2. The molecule has 2 nitrogen and oxygen atoms in total. The molecule has 1 unspecified atom stereocenters. The molecule has 1 saturated heterocycles. The third-order valence-corrected chi connectivity index (χ3v) is 6.33. The van der Waals surface area contributed by atoms with Crippen molar-refractivity contribution in [2.24, 2.45) is 17.1 Å². The van der Waals surface area contributed by atoms with Gasteiger partial charge in [-0.2, -0.15) is 0 Å². The van der Waals surface area contributed by atoms with E-state index in [2.05, 4.69) is 11.8 Å². The molecule has 104 valence electrons. The first-order chi connectivity index (χ1) is 8.69. The van der Waals surface area contributed by atoms with Crippen molar-refractivity contribution in [2.45, 2.75) is 70.3 Å². The maximum absolute atomic E-state index is 6.11. The van der Waals surface area contributed by atoms with Crippen LogP contribution in [0.25, 0.3) is 0 Å². The van der Waals surface area contributed by atoms with E-state index in [9.17, 15) is 0 Å². The van der Waals surface area contributed by atoms with Crippen molar-refractivity contribution in [1.82, 2.24) is 4.90 Å². The van der Waals surface area contributed by atoms with Crippen LogP contribution in [0.5, 0.6) is 0 Å². The largest absolute Gasteiger partial charge is 0.329 e. The molecule has 2 heteroatoms. The highest BCUT2D eigenvalue weighted by Crippen LogP contribution is 2.48. The zero-order valence-electron chi connectivity index (χ0n) is 12.1. The predicted molar refractivity (Wildman–Crippen MR) is 76.5 cm³/mol. The van der Waals surface area contributed by atoms with Crippen LogP contribution in [-0.2, 0) is 0 Å². The Balaban J connectivity index is 1.62. The minimum absolute atomic E-state index is 0.316. The van der Waals surface area contributed by atoms with Crippen molar-refractivity contribution in [1.29, 1.82) is 0 Å². The molecule has 0 aromatic heterocycles. The molecule has 1 heterocycles. The second kappa shape index (κ2) is 4.79. The molecule has 1 aliphatic heterocycles. The van der Waals surface area contributed by atoms with E-state index in [-0.39, 0.29) is 0 Å². The Bertz CT molecular complexity index is 281. The summed E-state index contributed by atoms with van der Waals surface area (Å²) in [6, 6.07) is 0. The number of piperidine rings is 1. The molecule has 0 aromatic carbocycles. The topological polar surface area (TPSA) is 29.3 Å². The number of rotatable bonds is 3. The molecule has 2 saturated carbocycles. The van der Waals surface area contributed by atoms with Crippen LogP contribution >= 0.6 is 0 Å². The summed E-state index contributed by atoms with van der Waals surface area (Å²) in [7, 11) is 0. The van der Waals surface area contributed by atoms with Crippen LogP contribution in [0, 0.1) is 11.3 Å². The minimum Gasteiger partial charge on any atom is -0.329 e. The fraction of sp³-hybridized carbons (Fsp3) is 1.00. The summed E-state index contributed by atoms with van der Waals surface area (Å²) in [5, 5.41) is 0. The van der Waals surface area contributed by atoms with Crippen molar-refractivity contribution in [3.05, 3.63) is 0 Å². The minimum atomic E-state index is 0.316. The Kier molecular flexibility index (Phi) is 3.44. The zero-order valence-corrected chi connectivity index (χ0v) is 12.1. The van der Waals surface area contributed by atoms with Crippen LogP contribution < -0.4 is 5.73 Å². The maximum Gasteiger partial charge on any atom is 0.0331 e. The molecule has 0 aromatic rings. The molecule has 1 atom stereocenters. The van der Waals surface area contributed by atoms with Gasteiger partial charge in [0.15, 0.2) is 0 Å². The predicted octanol–water partition coefficient (Wildman–Crippen LogP) is 3.16. The number of nitrogens with two attached hydrogens (primary N) is 1. The smallest absolute Gasteiger partial charge is 0.0331 e. The van der Waals surface area contributed by atoms with E-state index >= 15 is 0 Å². The van der Waals surface area contributed by atoms with E-state index in [0.717, 1.165) is 17.9 Å². The first-order valence-electron chi connectivity index (χ1n) is 8.14. The summed E-state index contributed by atoms with van der Waals surface area (Å²) >= 11 is 0. The summed E-state index contributed by atoms with van der Waals surface area (Å²) < 4.78 is 0. The zero-order chi connectivity index (χ0) is 12.6. The molecule has 2 N–H and O–H groups in total. The van der Waals surface area contributed by atoms with Crippen LogP contribution in [0.15, 0.2) is 0 Å². The number of hydrogen-bond acceptors (Lipinski definition) is 2. The second-order valence-electron chi connectivity index (χ2n) is 7.38. The monoisotopic (exact) mass is 250 g/mol. The van der Waals surface area contributed by atoms with Crippen LogP contribution in [0.3, 0.4) is 0 Å². The van der Waals surface area contributed by atoms with Gasteiger partial charge < -0.3 is 5.73 Å². The van der Waals surface area contributed by atoms with Crippen LogP contribution in [0.4, 0.5) is 0 Å². The van der Waals surface area contributed by atoms with Gasteiger partial charge in [0.05, 0.1) is 0 Å².